The van der Waals surface area contributed by atoms with Crippen LogP contribution in [0.2, 0.25) is 0 Å². The van der Waals surface area contributed by atoms with E-state index < -0.39 is 0 Å². The second kappa shape index (κ2) is 8.33. The van der Waals surface area contributed by atoms with Crippen molar-refractivity contribution in [2.75, 3.05) is 32.1 Å². The summed E-state index contributed by atoms with van der Waals surface area (Å²) in [4.78, 5) is 28.2. The predicted octanol–water partition coefficient (Wildman–Crippen LogP) is 1.93. The van der Waals surface area contributed by atoms with Crippen LogP contribution in [0.15, 0.2) is 41.3 Å². The van der Waals surface area contributed by atoms with E-state index in [1.807, 2.05) is 26.2 Å². The number of piperidine rings is 1. The number of anilines is 1. The molecule has 1 fully saturated rings. The molecule has 0 radical (unpaired) electrons. The van der Waals surface area contributed by atoms with Crippen molar-refractivity contribution in [2.24, 2.45) is 5.92 Å². The molecule has 144 valence electrons. The van der Waals surface area contributed by atoms with Crippen molar-refractivity contribution in [3.63, 3.8) is 0 Å². The summed E-state index contributed by atoms with van der Waals surface area (Å²) in [5.41, 5.74) is 1.56. The molecule has 1 aromatic heterocycles. The molecule has 1 saturated heterocycles. The second-order valence-electron chi connectivity index (χ2n) is 7.26. The third kappa shape index (κ3) is 4.93. The van der Waals surface area contributed by atoms with Crippen molar-refractivity contribution in [1.82, 2.24) is 14.7 Å². The van der Waals surface area contributed by atoms with Crippen LogP contribution >= 0.6 is 0 Å². The van der Waals surface area contributed by atoms with Gasteiger partial charge >= 0.3 is 0 Å². The van der Waals surface area contributed by atoms with Crippen molar-refractivity contribution in [1.29, 1.82) is 0 Å². The third-order valence-electron chi connectivity index (χ3n) is 5.06. The number of halogens is 1. The van der Waals surface area contributed by atoms with Crippen LogP contribution in [0.4, 0.5) is 10.1 Å². The number of benzene rings is 1. The minimum atomic E-state index is -0.277. The largest absolute Gasteiger partial charge is 0.376 e. The molecule has 27 heavy (non-hydrogen) atoms. The molecule has 0 aliphatic carbocycles. The smallest absolute Gasteiger partial charge is 0.269 e. The molecule has 0 bridgehead atoms. The minimum Gasteiger partial charge on any atom is -0.376 e. The molecule has 3 rings (SSSR count). The van der Waals surface area contributed by atoms with E-state index in [1.54, 1.807) is 16.0 Å². The van der Waals surface area contributed by atoms with Crippen LogP contribution in [0.25, 0.3) is 0 Å². The molecule has 0 unspecified atom stereocenters. The Labute approximate surface area is 158 Å². The molecule has 1 aromatic carbocycles. The molecule has 1 amide bonds. The van der Waals surface area contributed by atoms with Crippen LogP contribution in [0.3, 0.4) is 0 Å². The molecule has 0 atom stereocenters. The molecule has 7 heteroatoms. The number of carbonyl (C=O) groups is 1. The van der Waals surface area contributed by atoms with Crippen molar-refractivity contribution < 1.29 is 9.18 Å². The van der Waals surface area contributed by atoms with Crippen LogP contribution in [-0.2, 0) is 17.8 Å². The summed E-state index contributed by atoms with van der Waals surface area (Å²) >= 11 is 0. The summed E-state index contributed by atoms with van der Waals surface area (Å²) in [6.07, 6.45) is 4.30. The first-order valence-corrected chi connectivity index (χ1v) is 9.19. The summed E-state index contributed by atoms with van der Waals surface area (Å²) in [7, 11) is 3.67. The fourth-order valence-corrected chi connectivity index (χ4v) is 3.36. The highest BCUT2D eigenvalue weighted by molar-refractivity contribution is 5.76. The quantitative estimate of drug-likeness (QED) is 0.805. The molecular weight excluding hydrogens is 347 g/mol. The molecule has 0 spiro atoms. The monoisotopic (exact) mass is 372 g/mol. The fraction of sp³-hybridized carbons (Fsp3) is 0.450. The first-order valence-electron chi connectivity index (χ1n) is 9.19. The van der Waals surface area contributed by atoms with E-state index in [4.69, 9.17) is 0 Å². The van der Waals surface area contributed by atoms with Gasteiger partial charge in [-0.05, 0) is 42.9 Å². The lowest BCUT2D eigenvalue weighted by molar-refractivity contribution is -0.133. The predicted molar refractivity (Wildman–Crippen MR) is 102 cm³/mol. The second-order valence-corrected chi connectivity index (χ2v) is 7.26. The maximum absolute atomic E-state index is 13.0. The molecule has 1 aliphatic rings. The van der Waals surface area contributed by atoms with Crippen molar-refractivity contribution in [2.45, 2.75) is 25.8 Å². The number of aromatic nitrogens is 2. The Morgan fingerprint density at radius 1 is 1.22 bits per heavy atom. The number of hydrogen-bond acceptors (Lipinski definition) is 4. The Bertz CT molecular complexity index is 840. The van der Waals surface area contributed by atoms with E-state index in [2.05, 4.69) is 5.10 Å². The first kappa shape index (κ1) is 19.1. The van der Waals surface area contributed by atoms with E-state index >= 15 is 0 Å². The molecule has 1 aliphatic heterocycles. The van der Waals surface area contributed by atoms with Gasteiger partial charge < -0.3 is 9.80 Å². The van der Waals surface area contributed by atoms with Crippen LogP contribution in [-0.4, -0.2) is 47.8 Å². The SMILES string of the molecule is CN(C)c1cnn(CC(=O)N2CCC(Cc3ccc(F)cc3)CC2)c(=O)c1. The average molecular weight is 372 g/mol. The van der Waals surface area contributed by atoms with Gasteiger partial charge in [-0.25, -0.2) is 9.07 Å². The lowest BCUT2D eigenvalue weighted by atomic mass is 9.90. The summed E-state index contributed by atoms with van der Waals surface area (Å²) in [6, 6.07) is 8.10. The molecular formula is C20H25FN4O2. The van der Waals surface area contributed by atoms with Gasteiger partial charge in [0.25, 0.3) is 5.56 Å². The number of nitrogens with zero attached hydrogens (tertiary/aromatic N) is 4. The first-order chi connectivity index (χ1) is 12.9. The van der Waals surface area contributed by atoms with Crippen LogP contribution in [0.1, 0.15) is 18.4 Å². The molecule has 2 heterocycles. The van der Waals surface area contributed by atoms with Gasteiger partial charge in [-0.15, -0.1) is 0 Å². The van der Waals surface area contributed by atoms with Gasteiger partial charge in [-0.2, -0.15) is 5.10 Å². The summed E-state index contributed by atoms with van der Waals surface area (Å²) in [6.45, 7) is 1.32. The van der Waals surface area contributed by atoms with E-state index in [0.29, 0.717) is 24.7 Å². The summed E-state index contributed by atoms with van der Waals surface area (Å²) < 4.78 is 14.2. The Morgan fingerprint density at radius 2 is 1.89 bits per heavy atom. The minimum absolute atomic E-state index is 0.0326. The maximum atomic E-state index is 13.0. The van der Waals surface area contributed by atoms with Crippen molar-refractivity contribution >= 4 is 11.6 Å². The zero-order valence-electron chi connectivity index (χ0n) is 15.8. The molecule has 6 nitrogen and oxygen atoms in total. The van der Waals surface area contributed by atoms with Crippen LogP contribution in [0, 0.1) is 11.7 Å². The van der Waals surface area contributed by atoms with E-state index in [0.717, 1.165) is 24.8 Å². The zero-order chi connectivity index (χ0) is 19.4. The van der Waals surface area contributed by atoms with Gasteiger partial charge in [0, 0.05) is 33.3 Å². The standard InChI is InChI=1S/C20H25FN4O2/c1-23(2)18-12-19(26)25(22-13-18)14-20(27)24-9-7-16(8-10-24)11-15-3-5-17(21)6-4-15/h3-6,12-13,16H,7-11,14H2,1-2H3. The maximum Gasteiger partial charge on any atom is 0.269 e. The fourth-order valence-electron chi connectivity index (χ4n) is 3.36. The Balaban J connectivity index is 1.52. The highest BCUT2D eigenvalue weighted by atomic mass is 19.1. The zero-order valence-corrected chi connectivity index (χ0v) is 15.8. The summed E-state index contributed by atoms with van der Waals surface area (Å²) in [5, 5.41) is 4.10. The van der Waals surface area contributed by atoms with Gasteiger partial charge in [0.1, 0.15) is 12.4 Å². The number of rotatable bonds is 5. The van der Waals surface area contributed by atoms with Gasteiger partial charge in [-0.3, -0.25) is 9.59 Å². The van der Waals surface area contributed by atoms with Crippen LogP contribution < -0.4 is 10.5 Å². The van der Waals surface area contributed by atoms with Crippen LogP contribution in [0.5, 0.6) is 0 Å². The van der Waals surface area contributed by atoms with Crippen molar-refractivity contribution in [3.05, 3.63) is 58.3 Å². The Kier molecular flexibility index (Phi) is 5.88. The number of amides is 1. The van der Waals surface area contributed by atoms with Gasteiger partial charge in [0.15, 0.2) is 0 Å². The molecule has 0 saturated carbocycles. The lowest BCUT2D eigenvalue weighted by Crippen LogP contribution is -2.42. The molecule has 2 aromatic rings. The van der Waals surface area contributed by atoms with Gasteiger partial charge in [0.05, 0.1) is 11.9 Å². The van der Waals surface area contributed by atoms with Crippen molar-refractivity contribution in [3.8, 4) is 0 Å². The average Bonchev–Trinajstić information content (AvgIpc) is 2.65. The van der Waals surface area contributed by atoms with E-state index in [9.17, 15) is 14.0 Å². The Morgan fingerprint density at radius 3 is 2.48 bits per heavy atom. The van der Waals surface area contributed by atoms with E-state index in [-0.39, 0.29) is 23.8 Å². The van der Waals surface area contributed by atoms with Gasteiger partial charge in [-0.1, -0.05) is 12.1 Å². The number of hydrogen-bond donors (Lipinski definition) is 0. The normalized spacial score (nSPS) is 15.0. The highest BCUT2D eigenvalue weighted by Crippen LogP contribution is 2.22. The number of carbonyl (C=O) groups excluding carboxylic acids is 1. The summed E-state index contributed by atoms with van der Waals surface area (Å²) in [5.74, 6) is 0.184. The lowest BCUT2D eigenvalue weighted by Gasteiger charge is -2.32. The topological polar surface area (TPSA) is 58.4 Å². The number of likely N-dealkylation sites (tertiary alicyclic amines) is 1. The highest BCUT2D eigenvalue weighted by Gasteiger charge is 2.23. The van der Waals surface area contributed by atoms with E-state index in [1.165, 1.54) is 22.9 Å². The molecule has 0 N–H and O–H groups in total. The third-order valence-corrected chi connectivity index (χ3v) is 5.06. The Hall–Kier alpha value is -2.70. The van der Waals surface area contributed by atoms with Gasteiger partial charge in [0.2, 0.25) is 5.91 Å².